The quantitative estimate of drug-likeness (QED) is 0.578. The van der Waals surface area contributed by atoms with E-state index in [0.717, 1.165) is 27.8 Å². The number of fused-ring (bicyclic) bond motifs is 3. The summed E-state index contributed by atoms with van der Waals surface area (Å²) in [7, 11) is 4.12. The molecule has 4 rings (SSSR count). The van der Waals surface area contributed by atoms with Gasteiger partial charge < -0.3 is 9.67 Å². The van der Waals surface area contributed by atoms with Crippen molar-refractivity contribution in [3.05, 3.63) is 59.8 Å². The summed E-state index contributed by atoms with van der Waals surface area (Å²) in [6.07, 6.45) is 1.85. The fourth-order valence-electron chi connectivity index (χ4n) is 4.64. The number of hydrogen-bond acceptors (Lipinski definition) is 3. The maximum absolute atomic E-state index is 13.4. The Morgan fingerprint density at radius 3 is 2.41 bits per heavy atom. The minimum atomic E-state index is -3.64. The molecule has 8 heteroatoms. The molecule has 1 aliphatic carbocycles. The number of para-hydroxylation sites is 1. The highest BCUT2D eigenvalue weighted by Gasteiger charge is 2.33. The van der Waals surface area contributed by atoms with Crippen molar-refractivity contribution in [2.75, 3.05) is 28.2 Å². The second-order valence-electron chi connectivity index (χ2n) is 9.35. The number of quaternary nitrogens is 1. The van der Waals surface area contributed by atoms with Crippen molar-refractivity contribution in [1.82, 2.24) is 13.4 Å². The number of benzene rings is 2. The number of nitrogens with zero attached hydrogens (tertiary/aromatic N) is 3. The summed E-state index contributed by atoms with van der Waals surface area (Å²) in [5, 5.41) is 10.4. The molecular formula is C24H30N3O4S+. The van der Waals surface area contributed by atoms with Crippen LogP contribution in [0.1, 0.15) is 17.7 Å². The second kappa shape index (κ2) is 8.03. The Morgan fingerprint density at radius 1 is 1.12 bits per heavy atom. The van der Waals surface area contributed by atoms with Crippen molar-refractivity contribution >= 4 is 32.6 Å². The summed E-state index contributed by atoms with van der Waals surface area (Å²) >= 11 is 0. The Labute approximate surface area is 189 Å². The third-order valence-electron chi connectivity index (χ3n) is 6.44. The van der Waals surface area contributed by atoms with Crippen LogP contribution in [-0.2, 0) is 34.2 Å². The van der Waals surface area contributed by atoms with Crippen molar-refractivity contribution in [1.29, 1.82) is 0 Å². The first kappa shape index (κ1) is 22.5. The van der Waals surface area contributed by atoms with E-state index in [9.17, 15) is 18.3 Å². The van der Waals surface area contributed by atoms with Crippen LogP contribution in [0.4, 0.5) is 5.69 Å². The lowest BCUT2D eigenvalue weighted by atomic mass is 9.91. The van der Waals surface area contributed by atoms with Crippen molar-refractivity contribution in [2.45, 2.75) is 36.7 Å². The van der Waals surface area contributed by atoms with Crippen LogP contribution < -0.4 is 4.48 Å². The number of carboxylic acid groups (broad SMARTS) is 1. The predicted octanol–water partition coefficient (Wildman–Crippen LogP) is 3.10. The first-order valence-corrected chi connectivity index (χ1v) is 12.1. The number of aliphatic carboxylic acids is 1. The summed E-state index contributed by atoms with van der Waals surface area (Å²) in [6.45, 7) is -0.0900. The Kier molecular flexibility index (Phi) is 5.65. The minimum absolute atomic E-state index is 0.0900. The molecule has 3 aromatic rings. The first-order valence-electron chi connectivity index (χ1n) is 10.7. The molecule has 0 spiro atoms. The van der Waals surface area contributed by atoms with Gasteiger partial charge in [-0.15, -0.1) is 0 Å². The van der Waals surface area contributed by atoms with Gasteiger partial charge in [0.1, 0.15) is 12.2 Å². The van der Waals surface area contributed by atoms with Crippen LogP contribution in [0.25, 0.3) is 10.9 Å². The Morgan fingerprint density at radius 2 is 1.78 bits per heavy atom. The van der Waals surface area contributed by atoms with Gasteiger partial charge in [0.25, 0.3) is 0 Å². The Balaban J connectivity index is 1.65. The van der Waals surface area contributed by atoms with E-state index < -0.39 is 16.0 Å². The number of sulfonamides is 1. The fraction of sp³-hybridized carbons (Fsp3) is 0.375. The number of hydrogen-bond donors (Lipinski definition) is 1. The van der Waals surface area contributed by atoms with Crippen molar-refractivity contribution in [2.24, 2.45) is 0 Å². The lowest BCUT2D eigenvalue weighted by molar-refractivity contribution is -0.137. The van der Waals surface area contributed by atoms with E-state index in [2.05, 4.69) is 0 Å². The Hall–Kier alpha value is -2.68. The third-order valence-corrected chi connectivity index (χ3v) is 8.37. The maximum atomic E-state index is 13.4. The molecule has 0 bridgehead atoms. The van der Waals surface area contributed by atoms with E-state index >= 15 is 0 Å². The number of carboxylic acids is 1. The number of likely N-dealkylation sites (N-methyl/N-ethyl adjacent to an activating group) is 1. The van der Waals surface area contributed by atoms with E-state index in [1.54, 1.807) is 19.2 Å². The van der Waals surface area contributed by atoms with E-state index in [1.807, 2.05) is 62.1 Å². The topological polar surface area (TPSA) is 79.6 Å². The van der Waals surface area contributed by atoms with Gasteiger partial charge in [-0.2, -0.15) is 4.31 Å². The normalized spacial score (nSPS) is 17.0. The van der Waals surface area contributed by atoms with Gasteiger partial charge in [0.2, 0.25) is 10.0 Å². The van der Waals surface area contributed by atoms with Gasteiger partial charge in [0, 0.05) is 41.8 Å². The van der Waals surface area contributed by atoms with Gasteiger partial charge in [0.05, 0.1) is 26.0 Å². The van der Waals surface area contributed by atoms with Gasteiger partial charge in [-0.1, -0.05) is 18.2 Å². The third kappa shape index (κ3) is 3.94. The first-order chi connectivity index (χ1) is 15.0. The average molecular weight is 457 g/mol. The monoisotopic (exact) mass is 456 g/mol. The fourth-order valence-corrected chi connectivity index (χ4v) is 6.02. The molecule has 1 aromatic heterocycles. The van der Waals surface area contributed by atoms with Crippen LogP contribution in [0.15, 0.2) is 53.4 Å². The van der Waals surface area contributed by atoms with E-state index in [1.165, 1.54) is 4.31 Å². The lowest BCUT2D eigenvalue weighted by Crippen LogP contribution is -2.40. The summed E-state index contributed by atoms with van der Waals surface area (Å²) in [6, 6.07) is 14.7. The predicted molar refractivity (Wildman–Crippen MR) is 126 cm³/mol. The zero-order valence-electron chi connectivity index (χ0n) is 18.9. The molecule has 1 unspecified atom stereocenters. The van der Waals surface area contributed by atoms with Crippen LogP contribution in [0, 0.1) is 0 Å². The molecular weight excluding hydrogens is 426 g/mol. The molecule has 7 nitrogen and oxygen atoms in total. The zero-order valence-corrected chi connectivity index (χ0v) is 19.8. The molecule has 0 radical (unpaired) electrons. The van der Waals surface area contributed by atoms with Crippen molar-refractivity contribution in [3.8, 4) is 0 Å². The van der Waals surface area contributed by atoms with Gasteiger partial charge >= 0.3 is 5.97 Å². The second-order valence-corrected chi connectivity index (χ2v) is 11.3. The van der Waals surface area contributed by atoms with Crippen LogP contribution in [0.2, 0.25) is 0 Å². The van der Waals surface area contributed by atoms with Crippen molar-refractivity contribution < 1.29 is 18.3 Å². The largest absolute Gasteiger partial charge is 0.480 e. The maximum Gasteiger partial charge on any atom is 0.323 e. The van der Waals surface area contributed by atoms with Crippen LogP contribution in [0.5, 0.6) is 0 Å². The molecule has 32 heavy (non-hydrogen) atoms. The molecule has 0 saturated heterocycles. The molecule has 0 saturated carbocycles. The van der Waals surface area contributed by atoms with E-state index in [-0.39, 0.29) is 17.5 Å². The summed E-state index contributed by atoms with van der Waals surface area (Å²) < 4.78 is 30.7. The average Bonchev–Trinajstić information content (AvgIpc) is 3.05. The molecule has 0 aliphatic heterocycles. The molecule has 170 valence electrons. The standard InChI is InChI=1S/C24H29N3O4S/c1-25(32(30,31)19-12-10-18(11-13-19)27(2,3)4)17-9-14-23-21(15-17)20-7-5-6-8-22(20)26(23)16-24(28)29/h5-8,10-13,17H,9,14-16H2,1-4H3/p+1. The molecule has 1 N–H and O–H groups in total. The molecule has 1 aliphatic rings. The van der Waals surface area contributed by atoms with Crippen LogP contribution in [0.3, 0.4) is 0 Å². The van der Waals surface area contributed by atoms with Crippen molar-refractivity contribution in [3.63, 3.8) is 0 Å². The van der Waals surface area contributed by atoms with Crippen LogP contribution in [-0.4, -0.2) is 62.6 Å². The summed E-state index contributed by atoms with van der Waals surface area (Å²) in [5.41, 5.74) is 3.98. The summed E-state index contributed by atoms with van der Waals surface area (Å²) in [4.78, 5) is 11.7. The molecule has 1 heterocycles. The smallest absolute Gasteiger partial charge is 0.323 e. The molecule has 2 aromatic carbocycles. The lowest BCUT2D eigenvalue weighted by Gasteiger charge is -2.31. The zero-order chi connectivity index (χ0) is 23.3. The van der Waals surface area contributed by atoms with Gasteiger partial charge in [-0.25, -0.2) is 8.42 Å². The highest BCUT2D eigenvalue weighted by atomic mass is 32.2. The number of rotatable bonds is 6. The van der Waals surface area contributed by atoms with Crippen LogP contribution >= 0.6 is 0 Å². The molecule has 0 fully saturated rings. The van der Waals surface area contributed by atoms with Gasteiger partial charge in [-0.3, -0.25) is 9.28 Å². The molecule has 1 atom stereocenters. The number of aromatic nitrogens is 1. The minimum Gasteiger partial charge on any atom is -0.480 e. The summed E-state index contributed by atoms with van der Waals surface area (Å²) in [5.74, 6) is -0.882. The van der Waals surface area contributed by atoms with Gasteiger partial charge in [-0.05, 0) is 43.0 Å². The number of carbonyl (C=O) groups is 1. The molecule has 0 amide bonds. The SMILES string of the molecule is CN(C1CCc2c(c3ccccc3n2CC(=O)O)C1)S(=O)(=O)c1ccc([N+](C)(C)C)cc1. The Bertz CT molecular complexity index is 1270. The van der Waals surface area contributed by atoms with E-state index in [4.69, 9.17) is 0 Å². The van der Waals surface area contributed by atoms with Gasteiger partial charge in [0.15, 0.2) is 0 Å². The highest BCUT2D eigenvalue weighted by Crippen LogP contribution is 2.35. The van der Waals surface area contributed by atoms with E-state index in [0.29, 0.717) is 23.7 Å². The highest BCUT2D eigenvalue weighted by molar-refractivity contribution is 7.89.